The van der Waals surface area contributed by atoms with Gasteiger partial charge in [-0.15, -0.1) is 0 Å². The zero-order valence-corrected chi connectivity index (χ0v) is 25.4. The van der Waals surface area contributed by atoms with Crippen LogP contribution in [-0.4, -0.2) is 0 Å². The van der Waals surface area contributed by atoms with Crippen molar-refractivity contribution in [3.63, 3.8) is 0 Å². The molecule has 0 nitrogen and oxygen atoms in total. The van der Waals surface area contributed by atoms with E-state index in [1.807, 2.05) is 0 Å². The lowest BCUT2D eigenvalue weighted by Gasteiger charge is -2.14. The first kappa shape index (κ1) is 27.6. The smallest absolute Gasteiger partial charge is 0.00544 e. The van der Waals surface area contributed by atoms with Gasteiger partial charge in [0.2, 0.25) is 0 Å². The van der Waals surface area contributed by atoms with Crippen LogP contribution >= 0.6 is 0 Å². The standard InChI is InChI=1S/2C22H18/c2*1-16-14-18-10-7-13-21(22(18)15-16)20-12-6-5-11-19(20)17-8-3-2-4-9-17/h2-13,15H,14H2,1H3;2-14H,15H2,1H3. The third-order valence-corrected chi connectivity index (χ3v) is 8.73. The van der Waals surface area contributed by atoms with E-state index in [2.05, 4.69) is 172 Å². The molecule has 2 aliphatic carbocycles. The molecular weight excluding hydrogens is 528 g/mol. The van der Waals surface area contributed by atoms with E-state index in [0.29, 0.717) is 0 Å². The van der Waals surface area contributed by atoms with Crippen LogP contribution in [0.5, 0.6) is 0 Å². The third kappa shape index (κ3) is 5.48. The minimum absolute atomic E-state index is 1.06. The maximum atomic E-state index is 2.34. The molecule has 0 amide bonds. The molecule has 0 saturated carbocycles. The Hall–Kier alpha value is -5.20. The van der Waals surface area contributed by atoms with E-state index in [1.54, 1.807) is 0 Å². The fourth-order valence-electron chi connectivity index (χ4n) is 6.73. The van der Waals surface area contributed by atoms with Gasteiger partial charge in [-0.05, 0) is 93.5 Å². The highest BCUT2D eigenvalue weighted by Crippen LogP contribution is 2.40. The van der Waals surface area contributed by atoms with Gasteiger partial charge in [0.15, 0.2) is 0 Å². The van der Waals surface area contributed by atoms with E-state index in [1.165, 1.54) is 77.9 Å². The second kappa shape index (κ2) is 12.2. The highest BCUT2D eigenvalue weighted by Gasteiger charge is 2.18. The van der Waals surface area contributed by atoms with Crippen molar-refractivity contribution in [1.29, 1.82) is 0 Å². The molecule has 0 aromatic heterocycles. The highest BCUT2D eigenvalue weighted by molar-refractivity contribution is 5.90. The number of allylic oxidation sites excluding steroid dienone is 2. The SMILES string of the molecule is CC1=Cc2c(cccc2-c2ccccc2-c2ccccc2)C1.CC1=Cc2cccc(-c3ccccc3-c3ccccc3)c2C1. The minimum Gasteiger partial charge on any atom is -0.0683 e. The zero-order valence-electron chi connectivity index (χ0n) is 25.4. The molecule has 0 heteroatoms. The van der Waals surface area contributed by atoms with Gasteiger partial charge in [-0.1, -0.05) is 169 Å². The topological polar surface area (TPSA) is 0 Å². The molecule has 0 saturated heterocycles. The molecule has 0 fully saturated rings. The van der Waals surface area contributed by atoms with Crippen LogP contribution in [0.4, 0.5) is 0 Å². The van der Waals surface area contributed by atoms with Gasteiger partial charge in [-0.2, -0.15) is 0 Å². The molecule has 0 radical (unpaired) electrons. The Morgan fingerprint density at radius 2 is 0.841 bits per heavy atom. The van der Waals surface area contributed by atoms with Gasteiger partial charge in [0.25, 0.3) is 0 Å². The Balaban J connectivity index is 0.000000142. The van der Waals surface area contributed by atoms with Gasteiger partial charge in [-0.3, -0.25) is 0 Å². The zero-order chi connectivity index (χ0) is 29.9. The summed E-state index contributed by atoms with van der Waals surface area (Å²) in [5, 5.41) is 0. The first-order chi connectivity index (χ1) is 21.7. The van der Waals surface area contributed by atoms with Crippen molar-refractivity contribution in [2.75, 3.05) is 0 Å². The lowest BCUT2D eigenvalue weighted by atomic mass is 9.90. The van der Waals surface area contributed by atoms with Gasteiger partial charge in [0, 0.05) is 0 Å². The summed E-state index contributed by atoms with van der Waals surface area (Å²) in [7, 11) is 0. The largest absolute Gasteiger partial charge is 0.0683 e. The van der Waals surface area contributed by atoms with Crippen molar-refractivity contribution >= 4 is 12.2 Å². The average Bonchev–Trinajstić information content (AvgIpc) is 3.66. The molecule has 6 aromatic carbocycles. The van der Waals surface area contributed by atoms with E-state index in [4.69, 9.17) is 0 Å². The highest BCUT2D eigenvalue weighted by atomic mass is 14.2. The van der Waals surface area contributed by atoms with Crippen molar-refractivity contribution in [2.45, 2.75) is 26.7 Å². The summed E-state index contributed by atoms with van der Waals surface area (Å²) in [4.78, 5) is 0. The molecule has 8 rings (SSSR count). The van der Waals surface area contributed by atoms with Gasteiger partial charge >= 0.3 is 0 Å². The minimum atomic E-state index is 1.06. The molecule has 0 atom stereocenters. The van der Waals surface area contributed by atoms with Crippen molar-refractivity contribution in [2.24, 2.45) is 0 Å². The maximum Gasteiger partial charge on any atom is -0.00544 e. The van der Waals surface area contributed by atoms with Crippen LogP contribution in [0, 0.1) is 0 Å². The summed E-state index contributed by atoms with van der Waals surface area (Å²) in [6.07, 6.45) is 6.79. The van der Waals surface area contributed by atoms with E-state index < -0.39 is 0 Å². The first-order valence-electron chi connectivity index (χ1n) is 15.5. The van der Waals surface area contributed by atoms with E-state index in [0.717, 1.165) is 12.8 Å². The van der Waals surface area contributed by atoms with E-state index in [-0.39, 0.29) is 0 Å². The van der Waals surface area contributed by atoms with Gasteiger partial charge in [-0.25, -0.2) is 0 Å². The van der Waals surface area contributed by atoms with Crippen LogP contribution in [0.3, 0.4) is 0 Å². The molecule has 0 unspecified atom stereocenters. The Morgan fingerprint density at radius 1 is 0.364 bits per heavy atom. The maximum absolute atomic E-state index is 2.34. The number of benzene rings is 6. The molecule has 0 aliphatic heterocycles. The number of rotatable bonds is 4. The molecule has 0 spiro atoms. The third-order valence-electron chi connectivity index (χ3n) is 8.73. The Kier molecular flexibility index (Phi) is 7.65. The van der Waals surface area contributed by atoms with E-state index >= 15 is 0 Å². The molecule has 0 N–H and O–H groups in total. The van der Waals surface area contributed by atoms with Crippen LogP contribution in [0.2, 0.25) is 0 Å². The lowest BCUT2D eigenvalue weighted by Crippen LogP contribution is -1.92. The molecule has 212 valence electrons. The van der Waals surface area contributed by atoms with Crippen LogP contribution in [0.25, 0.3) is 56.7 Å². The Morgan fingerprint density at radius 3 is 1.48 bits per heavy atom. The van der Waals surface area contributed by atoms with Crippen molar-refractivity contribution in [3.8, 4) is 44.5 Å². The van der Waals surface area contributed by atoms with Crippen molar-refractivity contribution in [3.05, 3.63) is 179 Å². The molecule has 6 aromatic rings. The average molecular weight is 565 g/mol. The molecular formula is C44H36. The van der Waals surface area contributed by atoms with E-state index in [9.17, 15) is 0 Å². The van der Waals surface area contributed by atoms with Crippen LogP contribution in [0.1, 0.15) is 36.1 Å². The summed E-state index contributed by atoms with van der Waals surface area (Å²) in [5.41, 5.74) is 19.1. The first-order valence-corrected chi connectivity index (χ1v) is 15.5. The summed E-state index contributed by atoms with van der Waals surface area (Å²) in [5.74, 6) is 0. The summed E-state index contributed by atoms with van der Waals surface area (Å²) in [6, 6.07) is 52.0. The quantitative estimate of drug-likeness (QED) is 0.200. The molecule has 0 heterocycles. The predicted octanol–water partition coefficient (Wildman–Crippen LogP) is 12.0. The molecule has 2 aliphatic rings. The molecule has 44 heavy (non-hydrogen) atoms. The predicted molar refractivity (Wildman–Crippen MR) is 189 cm³/mol. The Bertz CT molecular complexity index is 2010. The fraction of sp³-hybridized carbons (Fsp3) is 0.0909. The number of hydrogen-bond acceptors (Lipinski definition) is 0. The van der Waals surface area contributed by atoms with Gasteiger partial charge < -0.3 is 0 Å². The number of hydrogen-bond donors (Lipinski definition) is 0. The summed E-state index contributed by atoms with van der Waals surface area (Å²) < 4.78 is 0. The monoisotopic (exact) mass is 564 g/mol. The van der Waals surface area contributed by atoms with Crippen LogP contribution < -0.4 is 0 Å². The molecule has 0 bridgehead atoms. The number of fused-ring (bicyclic) bond motifs is 2. The fourth-order valence-corrected chi connectivity index (χ4v) is 6.73. The van der Waals surface area contributed by atoms with Crippen molar-refractivity contribution < 1.29 is 0 Å². The normalized spacial score (nSPS) is 12.9. The second-order valence-corrected chi connectivity index (χ2v) is 11.9. The summed E-state index contributed by atoms with van der Waals surface area (Å²) >= 11 is 0. The lowest BCUT2D eigenvalue weighted by molar-refractivity contribution is 1.20. The van der Waals surface area contributed by atoms with Crippen molar-refractivity contribution in [1.82, 2.24) is 0 Å². The van der Waals surface area contributed by atoms with Gasteiger partial charge in [0.05, 0.1) is 0 Å². The van der Waals surface area contributed by atoms with Gasteiger partial charge in [0.1, 0.15) is 0 Å². The van der Waals surface area contributed by atoms with Crippen LogP contribution in [0.15, 0.2) is 157 Å². The summed E-state index contributed by atoms with van der Waals surface area (Å²) in [6.45, 7) is 4.43. The Labute approximate surface area is 261 Å². The second-order valence-electron chi connectivity index (χ2n) is 11.9. The van der Waals surface area contributed by atoms with Crippen LogP contribution in [-0.2, 0) is 12.8 Å².